The molecule has 2 rings (SSSR count). The van der Waals surface area contributed by atoms with Crippen LogP contribution in [0.3, 0.4) is 0 Å². The van der Waals surface area contributed by atoms with Gasteiger partial charge in [0.25, 0.3) is 5.91 Å². The van der Waals surface area contributed by atoms with Gasteiger partial charge in [0.05, 0.1) is 5.56 Å². The topological polar surface area (TPSA) is 70.7 Å². The third-order valence-electron chi connectivity index (χ3n) is 4.32. The molecule has 0 bridgehead atoms. The summed E-state index contributed by atoms with van der Waals surface area (Å²) in [6.07, 6.45) is 4.02. The fourth-order valence-electron chi connectivity index (χ4n) is 2.99. The molecule has 0 atom stereocenters. The molecule has 0 radical (unpaired) electrons. The van der Waals surface area contributed by atoms with E-state index < -0.39 is 0 Å². The summed E-state index contributed by atoms with van der Waals surface area (Å²) in [5, 5.41) is 5.79. The van der Waals surface area contributed by atoms with Gasteiger partial charge in [-0.3, -0.25) is 9.59 Å². The molecule has 0 saturated carbocycles. The van der Waals surface area contributed by atoms with E-state index in [1.807, 2.05) is 12.1 Å². The summed E-state index contributed by atoms with van der Waals surface area (Å²) in [6.45, 7) is 3.06. The predicted molar refractivity (Wildman–Crippen MR) is 105 cm³/mol. The van der Waals surface area contributed by atoms with Crippen molar-refractivity contribution in [3.63, 3.8) is 0 Å². The Kier molecular flexibility index (Phi) is 8.71. The summed E-state index contributed by atoms with van der Waals surface area (Å²) in [5.41, 5.74) is 2.15. The number of rotatable bonds is 10. The molecule has 1 fully saturated rings. The first-order valence-electron chi connectivity index (χ1n) is 9.17. The number of carbonyl (C=O) groups excluding carboxylic acids is 2. The molecule has 1 saturated heterocycles. The monoisotopic (exact) mass is 381 g/mol. The average Bonchev–Trinajstić information content (AvgIpc) is 3.18. The van der Waals surface area contributed by atoms with Gasteiger partial charge in [0, 0.05) is 57.0 Å². The van der Waals surface area contributed by atoms with Gasteiger partial charge in [0.2, 0.25) is 5.91 Å². The molecule has 2 amide bonds. The lowest BCUT2D eigenvalue weighted by molar-refractivity contribution is -0.116. The molecule has 6 nitrogen and oxygen atoms in total. The van der Waals surface area contributed by atoms with Crippen molar-refractivity contribution >= 4 is 34.8 Å². The van der Waals surface area contributed by atoms with E-state index in [-0.39, 0.29) is 11.8 Å². The summed E-state index contributed by atoms with van der Waals surface area (Å²) in [7, 11) is 1.64. The van der Waals surface area contributed by atoms with Crippen molar-refractivity contribution in [2.24, 2.45) is 0 Å². The van der Waals surface area contributed by atoms with Gasteiger partial charge < -0.3 is 20.3 Å². The smallest absolute Gasteiger partial charge is 0.253 e. The van der Waals surface area contributed by atoms with E-state index in [0.29, 0.717) is 43.1 Å². The number of amides is 2. The molecule has 0 spiro atoms. The minimum atomic E-state index is -0.125. The lowest BCUT2D eigenvalue weighted by Gasteiger charge is -2.22. The second kappa shape index (κ2) is 11.0. The highest BCUT2D eigenvalue weighted by Crippen LogP contribution is 2.27. The first-order valence-corrected chi connectivity index (χ1v) is 9.71. The molecular formula is C19H28ClN3O3. The van der Waals surface area contributed by atoms with E-state index in [1.54, 1.807) is 13.2 Å². The van der Waals surface area contributed by atoms with Crippen LogP contribution in [0.5, 0.6) is 0 Å². The Morgan fingerprint density at radius 1 is 1.23 bits per heavy atom. The summed E-state index contributed by atoms with van der Waals surface area (Å²) in [4.78, 5) is 26.9. The third kappa shape index (κ3) is 6.18. The fourth-order valence-corrected chi connectivity index (χ4v) is 3.13. The molecule has 1 heterocycles. The van der Waals surface area contributed by atoms with E-state index >= 15 is 0 Å². The molecular weight excluding hydrogens is 354 g/mol. The van der Waals surface area contributed by atoms with Crippen molar-refractivity contribution in [1.82, 2.24) is 5.32 Å². The van der Waals surface area contributed by atoms with Crippen molar-refractivity contribution in [3.8, 4) is 0 Å². The second-order valence-corrected chi connectivity index (χ2v) is 6.75. The zero-order valence-electron chi connectivity index (χ0n) is 15.4. The summed E-state index contributed by atoms with van der Waals surface area (Å²) in [5.74, 6) is 0.238. The maximum atomic E-state index is 12.7. The van der Waals surface area contributed by atoms with Gasteiger partial charge in [-0.1, -0.05) is 0 Å². The van der Waals surface area contributed by atoms with Gasteiger partial charge in [0.1, 0.15) is 0 Å². The van der Waals surface area contributed by atoms with Crippen molar-refractivity contribution < 1.29 is 14.3 Å². The van der Waals surface area contributed by atoms with Crippen LogP contribution in [-0.4, -0.2) is 51.0 Å². The zero-order valence-corrected chi connectivity index (χ0v) is 16.1. The van der Waals surface area contributed by atoms with E-state index in [0.717, 1.165) is 38.0 Å². The number of hydrogen-bond donors (Lipinski definition) is 2. The van der Waals surface area contributed by atoms with Crippen LogP contribution in [0.2, 0.25) is 0 Å². The maximum Gasteiger partial charge on any atom is 0.253 e. The van der Waals surface area contributed by atoms with Gasteiger partial charge in [-0.2, -0.15) is 0 Å². The van der Waals surface area contributed by atoms with Crippen LogP contribution < -0.4 is 15.5 Å². The number of nitrogens with zero attached hydrogens (tertiary/aromatic N) is 1. The van der Waals surface area contributed by atoms with E-state index in [9.17, 15) is 9.59 Å². The summed E-state index contributed by atoms with van der Waals surface area (Å²) >= 11 is 5.63. The van der Waals surface area contributed by atoms with E-state index in [2.05, 4.69) is 15.5 Å². The largest absolute Gasteiger partial charge is 0.385 e. The lowest BCUT2D eigenvalue weighted by atomic mass is 10.1. The normalized spacial score (nSPS) is 13.7. The number of ether oxygens (including phenoxy) is 1. The molecule has 144 valence electrons. The Morgan fingerprint density at radius 2 is 2.00 bits per heavy atom. The Morgan fingerprint density at radius 3 is 2.69 bits per heavy atom. The van der Waals surface area contributed by atoms with Gasteiger partial charge >= 0.3 is 0 Å². The Hall–Kier alpha value is -1.79. The van der Waals surface area contributed by atoms with Crippen LogP contribution in [-0.2, 0) is 9.53 Å². The molecule has 1 aliphatic heterocycles. The van der Waals surface area contributed by atoms with Gasteiger partial charge in [-0.05, 0) is 43.9 Å². The molecule has 0 aliphatic carbocycles. The Labute approximate surface area is 160 Å². The number of methoxy groups -OCH3 is 1. The number of benzene rings is 1. The Balaban J connectivity index is 2.12. The molecule has 7 heteroatoms. The molecule has 1 aliphatic rings. The van der Waals surface area contributed by atoms with Crippen molar-refractivity contribution in [2.75, 3.05) is 49.4 Å². The van der Waals surface area contributed by atoms with Crippen LogP contribution in [0.15, 0.2) is 18.2 Å². The van der Waals surface area contributed by atoms with Crippen LogP contribution in [0, 0.1) is 0 Å². The average molecular weight is 382 g/mol. The lowest BCUT2D eigenvalue weighted by Crippen LogP contribution is -2.29. The highest BCUT2D eigenvalue weighted by Gasteiger charge is 2.20. The number of alkyl halides is 1. The SMILES string of the molecule is COCCCNC(=O)c1cc(NC(=O)CCCCl)ccc1N1CCCC1. The Bertz CT molecular complexity index is 604. The highest BCUT2D eigenvalue weighted by molar-refractivity contribution is 6.18. The number of halogens is 1. The van der Waals surface area contributed by atoms with Crippen LogP contribution in [0.25, 0.3) is 0 Å². The number of anilines is 2. The molecule has 1 aromatic rings. The van der Waals surface area contributed by atoms with Gasteiger partial charge in [-0.25, -0.2) is 0 Å². The van der Waals surface area contributed by atoms with Crippen LogP contribution >= 0.6 is 11.6 Å². The number of nitrogens with one attached hydrogen (secondary N) is 2. The number of carbonyl (C=O) groups is 2. The molecule has 2 N–H and O–H groups in total. The van der Waals surface area contributed by atoms with Gasteiger partial charge in [-0.15, -0.1) is 11.6 Å². The minimum absolute atomic E-state index is 0.0916. The van der Waals surface area contributed by atoms with Crippen molar-refractivity contribution in [1.29, 1.82) is 0 Å². The number of hydrogen-bond acceptors (Lipinski definition) is 4. The van der Waals surface area contributed by atoms with Gasteiger partial charge in [0.15, 0.2) is 0 Å². The summed E-state index contributed by atoms with van der Waals surface area (Å²) in [6, 6.07) is 5.54. The highest BCUT2D eigenvalue weighted by atomic mass is 35.5. The standard InChI is InChI=1S/C19H28ClN3O3/c1-26-13-5-10-21-19(25)16-14-15(22-18(24)6-4-9-20)7-8-17(16)23-11-2-3-12-23/h7-8,14H,2-6,9-13H2,1H3,(H,21,25)(H,22,24). The molecule has 0 aromatic heterocycles. The first kappa shape index (κ1) is 20.5. The zero-order chi connectivity index (χ0) is 18.8. The van der Waals surface area contributed by atoms with Crippen LogP contribution in [0.1, 0.15) is 42.5 Å². The van der Waals surface area contributed by atoms with Crippen molar-refractivity contribution in [3.05, 3.63) is 23.8 Å². The van der Waals surface area contributed by atoms with Crippen LogP contribution in [0.4, 0.5) is 11.4 Å². The predicted octanol–water partition coefficient (Wildman–Crippen LogP) is 3.01. The van der Waals surface area contributed by atoms with E-state index in [1.165, 1.54) is 0 Å². The molecule has 26 heavy (non-hydrogen) atoms. The third-order valence-corrected chi connectivity index (χ3v) is 4.59. The second-order valence-electron chi connectivity index (χ2n) is 6.37. The quantitative estimate of drug-likeness (QED) is 0.482. The van der Waals surface area contributed by atoms with Crippen molar-refractivity contribution in [2.45, 2.75) is 32.1 Å². The summed E-state index contributed by atoms with van der Waals surface area (Å²) < 4.78 is 5.01. The minimum Gasteiger partial charge on any atom is -0.385 e. The van der Waals surface area contributed by atoms with E-state index in [4.69, 9.17) is 16.3 Å². The maximum absolute atomic E-state index is 12.7. The fraction of sp³-hybridized carbons (Fsp3) is 0.579. The molecule has 0 unspecified atom stereocenters. The molecule has 1 aromatic carbocycles. The first-order chi connectivity index (χ1) is 12.7.